The first-order valence-corrected chi connectivity index (χ1v) is 4.88. The quantitative estimate of drug-likeness (QED) is 0.585. The van der Waals surface area contributed by atoms with Crippen molar-refractivity contribution in [3.63, 3.8) is 0 Å². The van der Waals surface area contributed by atoms with Gasteiger partial charge in [-0.3, -0.25) is 4.40 Å². The van der Waals surface area contributed by atoms with Crippen molar-refractivity contribution in [2.45, 2.75) is 0 Å². The molecule has 0 aromatic carbocycles. The van der Waals surface area contributed by atoms with E-state index in [2.05, 4.69) is 37.3 Å². The number of ether oxygens (including phenoxy) is 1. The van der Waals surface area contributed by atoms with Crippen LogP contribution in [0.5, 0.6) is 0 Å². The Hall–Kier alpha value is -1.18. The highest BCUT2D eigenvalue weighted by Crippen LogP contribution is 2.08. The number of methoxy groups -OCH3 is 1. The molecule has 0 fully saturated rings. The number of hydrogen-bond donors (Lipinski definition) is 0. The standard InChI is InChI=1S/C8H6IN3O2/c1-14-7(13)5-2-3-12-6(9)4-10-8(12)11-5/h2-4H,1H3. The van der Waals surface area contributed by atoms with Crippen LogP contribution in [0.1, 0.15) is 10.5 Å². The van der Waals surface area contributed by atoms with Crippen molar-refractivity contribution in [3.05, 3.63) is 27.9 Å². The van der Waals surface area contributed by atoms with Crippen molar-refractivity contribution in [3.8, 4) is 0 Å². The molecule has 14 heavy (non-hydrogen) atoms. The van der Waals surface area contributed by atoms with Gasteiger partial charge in [0, 0.05) is 6.20 Å². The van der Waals surface area contributed by atoms with Gasteiger partial charge < -0.3 is 4.74 Å². The van der Waals surface area contributed by atoms with Crippen LogP contribution < -0.4 is 0 Å². The summed E-state index contributed by atoms with van der Waals surface area (Å²) in [7, 11) is 1.32. The summed E-state index contributed by atoms with van der Waals surface area (Å²) in [6, 6.07) is 1.60. The van der Waals surface area contributed by atoms with Gasteiger partial charge in [-0.25, -0.2) is 14.8 Å². The minimum atomic E-state index is -0.453. The predicted molar refractivity (Wildman–Crippen MR) is 57.0 cm³/mol. The summed E-state index contributed by atoms with van der Waals surface area (Å²) >= 11 is 2.14. The van der Waals surface area contributed by atoms with Crippen molar-refractivity contribution < 1.29 is 9.53 Å². The zero-order chi connectivity index (χ0) is 10.1. The molecular formula is C8H6IN3O2. The van der Waals surface area contributed by atoms with E-state index in [0.29, 0.717) is 5.78 Å². The summed E-state index contributed by atoms with van der Waals surface area (Å²) in [4.78, 5) is 19.2. The van der Waals surface area contributed by atoms with E-state index in [1.165, 1.54) is 7.11 Å². The molecule has 0 aliphatic rings. The van der Waals surface area contributed by atoms with Crippen LogP contribution in [0.2, 0.25) is 0 Å². The first-order chi connectivity index (χ1) is 6.72. The van der Waals surface area contributed by atoms with Crippen LogP contribution in [0.3, 0.4) is 0 Å². The normalized spacial score (nSPS) is 10.4. The number of rotatable bonds is 1. The van der Waals surface area contributed by atoms with Gasteiger partial charge in [-0.1, -0.05) is 0 Å². The molecular weight excluding hydrogens is 297 g/mol. The van der Waals surface area contributed by atoms with E-state index in [9.17, 15) is 4.79 Å². The molecule has 0 atom stereocenters. The molecule has 0 saturated carbocycles. The number of esters is 1. The van der Waals surface area contributed by atoms with Crippen molar-refractivity contribution in [1.82, 2.24) is 14.4 Å². The summed E-state index contributed by atoms with van der Waals surface area (Å²) < 4.78 is 7.28. The van der Waals surface area contributed by atoms with Crippen molar-refractivity contribution in [2.24, 2.45) is 0 Å². The van der Waals surface area contributed by atoms with E-state index in [1.807, 2.05) is 0 Å². The molecule has 0 bridgehead atoms. The first-order valence-electron chi connectivity index (χ1n) is 3.80. The Labute approximate surface area is 93.3 Å². The van der Waals surface area contributed by atoms with Gasteiger partial charge in [0.1, 0.15) is 3.70 Å². The molecule has 72 valence electrons. The second kappa shape index (κ2) is 3.52. The zero-order valence-corrected chi connectivity index (χ0v) is 9.43. The number of imidazole rings is 1. The number of carbonyl (C=O) groups excluding carboxylic acids is 1. The fourth-order valence-electron chi connectivity index (χ4n) is 1.06. The molecule has 2 aromatic heterocycles. The minimum absolute atomic E-state index is 0.266. The Morgan fingerprint density at radius 2 is 2.43 bits per heavy atom. The molecule has 2 heterocycles. The van der Waals surface area contributed by atoms with E-state index in [0.717, 1.165) is 3.70 Å². The third-order valence-corrected chi connectivity index (χ3v) is 2.53. The Morgan fingerprint density at radius 1 is 1.64 bits per heavy atom. The van der Waals surface area contributed by atoms with E-state index in [1.54, 1.807) is 22.9 Å². The van der Waals surface area contributed by atoms with Gasteiger partial charge in [-0.2, -0.15) is 0 Å². The molecule has 0 unspecified atom stereocenters. The average molecular weight is 303 g/mol. The van der Waals surface area contributed by atoms with Crippen molar-refractivity contribution in [1.29, 1.82) is 0 Å². The smallest absolute Gasteiger partial charge is 0.356 e. The molecule has 0 aliphatic heterocycles. The molecule has 5 nitrogen and oxygen atoms in total. The highest BCUT2D eigenvalue weighted by atomic mass is 127. The minimum Gasteiger partial charge on any atom is -0.464 e. The Balaban J connectivity index is 2.57. The van der Waals surface area contributed by atoms with Gasteiger partial charge in [0.25, 0.3) is 0 Å². The van der Waals surface area contributed by atoms with Gasteiger partial charge in [-0.05, 0) is 28.7 Å². The van der Waals surface area contributed by atoms with Crippen molar-refractivity contribution >= 4 is 34.3 Å². The predicted octanol–water partition coefficient (Wildman–Crippen LogP) is 1.12. The number of aromatic nitrogens is 3. The molecule has 0 saturated heterocycles. The van der Waals surface area contributed by atoms with Crippen molar-refractivity contribution in [2.75, 3.05) is 7.11 Å². The Morgan fingerprint density at radius 3 is 3.14 bits per heavy atom. The number of halogens is 1. The molecule has 0 N–H and O–H groups in total. The lowest BCUT2D eigenvalue weighted by Gasteiger charge is -1.98. The van der Waals surface area contributed by atoms with Crippen LogP contribution in [-0.4, -0.2) is 27.4 Å². The lowest BCUT2D eigenvalue weighted by molar-refractivity contribution is 0.0594. The zero-order valence-electron chi connectivity index (χ0n) is 7.27. The summed E-state index contributed by atoms with van der Waals surface area (Å²) in [5.41, 5.74) is 0.266. The molecule has 2 rings (SSSR count). The van der Waals surface area contributed by atoms with E-state index >= 15 is 0 Å². The van der Waals surface area contributed by atoms with Crippen LogP contribution in [0.25, 0.3) is 5.78 Å². The van der Waals surface area contributed by atoms with Gasteiger partial charge in [-0.15, -0.1) is 0 Å². The molecule has 6 heteroatoms. The largest absolute Gasteiger partial charge is 0.464 e. The summed E-state index contributed by atoms with van der Waals surface area (Å²) in [5.74, 6) is 0.0443. The molecule has 0 amide bonds. The number of nitrogens with zero attached hydrogens (tertiary/aromatic N) is 3. The molecule has 2 aromatic rings. The fourth-order valence-corrected chi connectivity index (χ4v) is 1.58. The fraction of sp³-hybridized carbons (Fsp3) is 0.125. The summed E-state index contributed by atoms with van der Waals surface area (Å²) in [5, 5.41) is 0. The van der Waals surface area contributed by atoms with Gasteiger partial charge >= 0.3 is 5.97 Å². The van der Waals surface area contributed by atoms with Gasteiger partial charge in [0.15, 0.2) is 5.69 Å². The SMILES string of the molecule is COC(=O)c1ccn2c(I)cnc2n1. The third kappa shape index (κ3) is 1.45. The number of carbonyl (C=O) groups is 1. The first kappa shape index (κ1) is 9.38. The lowest BCUT2D eigenvalue weighted by Crippen LogP contribution is -2.05. The Bertz CT molecular complexity index is 494. The number of hydrogen-bond acceptors (Lipinski definition) is 4. The molecule has 0 spiro atoms. The van der Waals surface area contributed by atoms with E-state index in [-0.39, 0.29) is 5.69 Å². The lowest BCUT2D eigenvalue weighted by atomic mass is 10.4. The van der Waals surface area contributed by atoms with Crippen LogP contribution in [0.15, 0.2) is 18.5 Å². The van der Waals surface area contributed by atoms with E-state index < -0.39 is 5.97 Å². The topological polar surface area (TPSA) is 56.5 Å². The third-order valence-electron chi connectivity index (χ3n) is 1.73. The maximum absolute atomic E-state index is 11.1. The van der Waals surface area contributed by atoms with Gasteiger partial charge in [0.2, 0.25) is 5.78 Å². The highest BCUT2D eigenvalue weighted by molar-refractivity contribution is 14.1. The maximum Gasteiger partial charge on any atom is 0.356 e. The monoisotopic (exact) mass is 303 g/mol. The van der Waals surface area contributed by atoms with Crippen LogP contribution in [0.4, 0.5) is 0 Å². The summed E-state index contributed by atoms with van der Waals surface area (Å²) in [6.07, 6.45) is 3.42. The highest BCUT2D eigenvalue weighted by Gasteiger charge is 2.09. The van der Waals surface area contributed by atoms with Crippen LogP contribution >= 0.6 is 22.6 Å². The van der Waals surface area contributed by atoms with Crippen LogP contribution in [0, 0.1) is 3.70 Å². The number of fused-ring (bicyclic) bond motifs is 1. The van der Waals surface area contributed by atoms with E-state index in [4.69, 9.17) is 0 Å². The van der Waals surface area contributed by atoms with Crippen LogP contribution in [-0.2, 0) is 4.74 Å². The second-order valence-electron chi connectivity index (χ2n) is 2.56. The van der Waals surface area contributed by atoms with Gasteiger partial charge in [0.05, 0.1) is 13.3 Å². The summed E-state index contributed by atoms with van der Waals surface area (Å²) in [6.45, 7) is 0. The second-order valence-corrected chi connectivity index (χ2v) is 3.66. The average Bonchev–Trinajstić information content (AvgIpc) is 2.59. The maximum atomic E-state index is 11.1. The molecule has 0 radical (unpaired) electrons. The molecule has 0 aliphatic carbocycles. The Kier molecular flexibility index (Phi) is 2.36.